The van der Waals surface area contributed by atoms with Crippen LogP contribution in [-0.4, -0.2) is 5.91 Å². The summed E-state index contributed by atoms with van der Waals surface area (Å²) in [5.41, 5.74) is 3.04. The molecule has 0 fully saturated rings. The van der Waals surface area contributed by atoms with Gasteiger partial charge < -0.3 is 10.6 Å². The van der Waals surface area contributed by atoms with Crippen LogP contribution in [0.25, 0.3) is 0 Å². The number of amides is 1. The monoisotopic (exact) mass is 306 g/mol. The molecule has 0 saturated carbocycles. The van der Waals surface area contributed by atoms with E-state index in [4.69, 9.17) is 11.6 Å². The first-order valence-electron chi connectivity index (χ1n) is 6.52. The van der Waals surface area contributed by atoms with Crippen LogP contribution in [0.15, 0.2) is 36.4 Å². The molecule has 110 valence electrons. The molecule has 2 aromatic carbocycles. The molecule has 0 aliphatic heterocycles. The van der Waals surface area contributed by atoms with Crippen molar-refractivity contribution >= 4 is 28.9 Å². The minimum Gasteiger partial charge on any atom is -0.381 e. The molecule has 21 heavy (non-hydrogen) atoms. The van der Waals surface area contributed by atoms with E-state index in [-0.39, 0.29) is 11.7 Å². The highest BCUT2D eigenvalue weighted by Gasteiger charge is 2.05. The molecule has 2 N–H and O–H groups in total. The standard InChI is InChI=1S/C16H16ClFN2O/c1-10-3-6-14(8-16(10)20-11(2)21)19-9-12-4-5-13(17)7-15(12)18/h3-8,19H,9H2,1-2H3,(H,20,21). The summed E-state index contributed by atoms with van der Waals surface area (Å²) in [6.07, 6.45) is 0. The fourth-order valence-electron chi connectivity index (χ4n) is 1.92. The molecule has 0 aromatic heterocycles. The molecular weight excluding hydrogens is 291 g/mol. The number of benzene rings is 2. The van der Waals surface area contributed by atoms with Crippen molar-refractivity contribution in [2.24, 2.45) is 0 Å². The number of carbonyl (C=O) groups is 1. The van der Waals surface area contributed by atoms with E-state index in [2.05, 4.69) is 10.6 Å². The average molecular weight is 307 g/mol. The highest BCUT2D eigenvalue weighted by Crippen LogP contribution is 2.21. The van der Waals surface area contributed by atoms with Crippen LogP contribution >= 0.6 is 11.6 Å². The van der Waals surface area contributed by atoms with E-state index in [1.54, 1.807) is 12.1 Å². The zero-order valence-electron chi connectivity index (χ0n) is 11.8. The Morgan fingerprint density at radius 1 is 1.24 bits per heavy atom. The van der Waals surface area contributed by atoms with Gasteiger partial charge in [0.15, 0.2) is 0 Å². The number of rotatable bonds is 4. The topological polar surface area (TPSA) is 41.1 Å². The van der Waals surface area contributed by atoms with Gasteiger partial charge in [0.1, 0.15) is 5.82 Å². The van der Waals surface area contributed by atoms with E-state index in [9.17, 15) is 9.18 Å². The SMILES string of the molecule is CC(=O)Nc1cc(NCc2ccc(Cl)cc2F)ccc1C. The molecule has 0 unspecified atom stereocenters. The van der Waals surface area contributed by atoms with Gasteiger partial charge in [-0.1, -0.05) is 23.7 Å². The Morgan fingerprint density at radius 2 is 2.00 bits per heavy atom. The van der Waals surface area contributed by atoms with Crippen molar-refractivity contribution in [1.82, 2.24) is 0 Å². The molecule has 5 heteroatoms. The molecule has 0 heterocycles. The molecule has 3 nitrogen and oxygen atoms in total. The summed E-state index contributed by atoms with van der Waals surface area (Å²) in [6.45, 7) is 3.71. The Morgan fingerprint density at radius 3 is 2.67 bits per heavy atom. The van der Waals surface area contributed by atoms with Crippen LogP contribution in [-0.2, 0) is 11.3 Å². The highest BCUT2D eigenvalue weighted by atomic mass is 35.5. The van der Waals surface area contributed by atoms with Crippen LogP contribution < -0.4 is 10.6 Å². The molecule has 0 aliphatic carbocycles. The third-order valence-corrected chi connectivity index (χ3v) is 3.28. The Labute approximate surface area is 128 Å². The summed E-state index contributed by atoms with van der Waals surface area (Å²) in [5.74, 6) is -0.469. The second-order valence-corrected chi connectivity index (χ2v) is 5.24. The Kier molecular flexibility index (Phi) is 4.81. The van der Waals surface area contributed by atoms with Gasteiger partial charge in [-0.15, -0.1) is 0 Å². The normalized spacial score (nSPS) is 10.3. The second-order valence-electron chi connectivity index (χ2n) is 4.80. The van der Waals surface area contributed by atoms with Crippen molar-refractivity contribution in [1.29, 1.82) is 0 Å². The number of nitrogens with one attached hydrogen (secondary N) is 2. The highest BCUT2D eigenvalue weighted by molar-refractivity contribution is 6.30. The number of hydrogen-bond acceptors (Lipinski definition) is 2. The Balaban J connectivity index is 2.11. The largest absolute Gasteiger partial charge is 0.381 e. The Hall–Kier alpha value is -2.07. The van der Waals surface area contributed by atoms with E-state index < -0.39 is 0 Å². The second kappa shape index (κ2) is 6.59. The van der Waals surface area contributed by atoms with Crippen molar-refractivity contribution in [3.8, 4) is 0 Å². The van der Waals surface area contributed by atoms with Gasteiger partial charge in [0.05, 0.1) is 0 Å². The van der Waals surface area contributed by atoms with Crippen LogP contribution in [0, 0.1) is 12.7 Å². The van der Waals surface area contributed by atoms with Gasteiger partial charge in [0, 0.05) is 35.4 Å². The van der Waals surface area contributed by atoms with Crippen LogP contribution in [0.5, 0.6) is 0 Å². The average Bonchev–Trinajstić information content (AvgIpc) is 2.40. The quantitative estimate of drug-likeness (QED) is 0.881. The first kappa shape index (κ1) is 15.3. The molecule has 0 bridgehead atoms. The Bertz CT molecular complexity index is 673. The lowest BCUT2D eigenvalue weighted by molar-refractivity contribution is -0.114. The van der Waals surface area contributed by atoms with Gasteiger partial charge in [0.2, 0.25) is 5.91 Å². The summed E-state index contributed by atoms with van der Waals surface area (Å²) in [5, 5.41) is 6.26. The fraction of sp³-hybridized carbons (Fsp3) is 0.188. The zero-order chi connectivity index (χ0) is 15.4. The van der Waals surface area contributed by atoms with Gasteiger partial charge >= 0.3 is 0 Å². The lowest BCUT2D eigenvalue weighted by Crippen LogP contribution is -2.08. The van der Waals surface area contributed by atoms with Gasteiger partial charge in [0.25, 0.3) is 0 Å². The molecule has 0 radical (unpaired) electrons. The van der Waals surface area contributed by atoms with Crippen LogP contribution in [0.3, 0.4) is 0 Å². The minimum absolute atomic E-state index is 0.126. The summed E-state index contributed by atoms with van der Waals surface area (Å²) >= 11 is 5.72. The van der Waals surface area contributed by atoms with Crippen LogP contribution in [0.2, 0.25) is 5.02 Å². The van der Waals surface area contributed by atoms with E-state index in [1.165, 1.54) is 13.0 Å². The molecule has 0 aliphatic rings. The summed E-state index contributed by atoms with van der Waals surface area (Å²) in [4.78, 5) is 11.1. The van der Waals surface area contributed by atoms with Crippen molar-refractivity contribution in [3.63, 3.8) is 0 Å². The van der Waals surface area contributed by atoms with Crippen molar-refractivity contribution in [2.45, 2.75) is 20.4 Å². The van der Waals surface area contributed by atoms with Gasteiger partial charge in [-0.3, -0.25) is 4.79 Å². The maximum atomic E-state index is 13.7. The minimum atomic E-state index is -0.343. The predicted molar refractivity (Wildman–Crippen MR) is 84.2 cm³/mol. The van der Waals surface area contributed by atoms with Gasteiger partial charge in [-0.05, 0) is 36.8 Å². The molecule has 2 aromatic rings. The predicted octanol–water partition coefficient (Wildman–Crippen LogP) is 4.36. The third kappa shape index (κ3) is 4.20. The number of carbonyl (C=O) groups excluding carboxylic acids is 1. The third-order valence-electron chi connectivity index (χ3n) is 3.05. The maximum Gasteiger partial charge on any atom is 0.221 e. The smallest absolute Gasteiger partial charge is 0.221 e. The van der Waals surface area contributed by atoms with Crippen molar-refractivity contribution in [2.75, 3.05) is 10.6 Å². The molecule has 2 rings (SSSR count). The molecule has 1 amide bonds. The number of halogens is 2. The lowest BCUT2D eigenvalue weighted by Gasteiger charge is -2.12. The zero-order valence-corrected chi connectivity index (χ0v) is 12.6. The summed E-state index contributed by atoms with van der Waals surface area (Å²) in [6, 6.07) is 10.2. The number of hydrogen-bond donors (Lipinski definition) is 2. The fourth-order valence-corrected chi connectivity index (χ4v) is 2.08. The van der Waals surface area contributed by atoms with Crippen LogP contribution in [0.4, 0.5) is 15.8 Å². The molecule has 0 spiro atoms. The van der Waals surface area contributed by atoms with Crippen molar-refractivity contribution < 1.29 is 9.18 Å². The lowest BCUT2D eigenvalue weighted by atomic mass is 10.1. The van der Waals surface area contributed by atoms with Gasteiger partial charge in [-0.2, -0.15) is 0 Å². The number of aryl methyl sites for hydroxylation is 1. The van der Waals surface area contributed by atoms with E-state index in [0.29, 0.717) is 17.1 Å². The van der Waals surface area contributed by atoms with E-state index in [1.807, 2.05) is 25.1 Å². The van der Waals surface area contributed by atoms with E-state index in [0.717, 1.165) is 16.9 Å². The summed E-state index contributed by atoms with van der Waals surface area (Å²) < 4.78 is 13.7. The first-order chi connectivity index (χ1) is 9.95. The van der Waals surface area contributed by atoms with Crippen LogP contribution in [0.1, 0.15) is 18.1 Å². The summed E-state index contributed by atoms with van der Waals surface area (Å²) in [7, 11) is 0. The maximum absolute atomic E-state index is 13.7. The molecular formula is C16H16ClFN2O. The molecule has 0 atom stereocenters. The number of anilines is 2. The van der Waals surface area contributed by atoms with Crippen molar-refractivity contribution in [3.05, 3.63) is 58.4 Å². The molecule has 0 saturated heterocycles. The van der Waals surface area contributed by atoms with E-state index >= 15 is 0 Å². The van der Waals surface area contributed by atoms with Gasteiger partial charge in [-0.25, -0.2) is 4.39 Å². The first-order valence-corrected chi connectivity index (χ1v) is 6.89.